The van der Waals surface area contributed by atoms with Gasteiger partial charge >= 0.3 is 6.18 Å². The molecule has 184 valence electrons. The van der Waals surface area contributed by atoms with Crippen LogP contribution in [0.2, 0.25) is 5.02 Å². The molecule has 1 aromatic carbocycles. The SMILES string of the molecule is CCC(NC(=O)c1cc(C(=O)N2CCCC2C)n2c1COCC2)c1ccc(C(F)(F)F)cc1Cl. The van der Waals surface area contributed by atoms with E-state index in [0.29, 0.717) is 48.6 Å². The first-order valence-electron chi connectivity index (χ1n) is 11.4. The lowest BCUT2D eigenvalue weighted by Gasteiger charge is -2.24. The van der Waals surface area contributed by atoms with Crippen molar-refractivity contribution in [2.24, 2.45) is 0 Å². The Hall–Kier alpha value is -2.52. The van der Waals surface area contributed by atoms with Crippen molar-refractivity contribution < 1.29 is 27.5 Å². The molecule has 34 heavy (non-hydrogen) atoms. The zero-order valence-corrected chi connectivity index (χ0v) is 19.8. The molecular weight excluding hydrogens is 471 g/mol. The van der Waals surface area contributed by atoms with E-state index in [1.54, 1.807) is 13.0 Å². The molecule has 2 unspecified atom stereocenters. The average Bonchev–Trinajstić information content (AvgIpc) is 3.40. The minimum Gasteiger partial charge on any atom is -0.373 e. The summed E-state index contributed by atoms with van der Waals surface area (Å²) in [5.41, 5.74) is 0.957. The molecule has 1 fully saturated rings. The number of nitrogens with one attached hydrogen (secondary N) is 1. The fourth-order valence-electron chi connectivity index (χ4n) is 4.70. The summed E-state index contributed by atoms with van der Waals surface area (Å²) in [4.78, 5) is 28.4. The normalized spacial score (nSPS) is 19.1. The van der Waals surface area contributed by atoms with E-state index in [0.717, 1.165) is 25.0 Å². The molecule has 0 radical (unpaired) electrons. The van der Waals surface area contributed by atoms with Gasteiger partial charge in [-0.3, -0.25) is 9.59 Å². The Balaban J connectivity index is 1.61. The van der Waals surface area contributed by atoms with Crippen LogP contribution in [0.15, 0.2) is 24.3 Å². The topological polar surface area (TPSA) is 63.6 Å². The van der Waals surface area contributed by atoms with Crippen LogP contribution in [0.3, 0.4) is 0 Å². The van der Waals surface area contributed by atoms with Crippen LogP contribution in [0, 0.1) is 0 Å². The highest BCUT2D eigenvalue weighted by Gasteiger charge is 2.34. The minimum atomic E-state index is -4.51. The number of halogens is 4. The van der Waals surface area contributed by atoms with Crippen LogP contribution in [-0.2, 0) is 24.1 Å². The van der Waals surface area contributed by atoms with Gasteiger partial charge in [-0.05, 0) is 49.9 Å². The van der Waals surface area contributed by atoms with E-state index in [1.165, 1.54) is 6.07 Å². The maximum absolute atomic E-state index is 13.3. The van der Waals surface area contributed by atoms with Crippen LogP contribution >= 0.6 is 11.6 Å². The van der Waals surface area contributed by atoms with Gasteiger partial charge in [0.15, 0.2) is 0 Å². The van der Waals surface area contributed by atoms with Gasteiger partial charge in [0, 0.05) is 24.2 Å². The van der Waals surface area contributed by atoms with Gasteiger partial charge in [0.1, 0.15) is 5.69 Å². The Labute approximate surface area is 201 Å². The first-order chi connectivity index (χ1) is 16.1. The van der Waals surface area contributed by atoms with Gasteiger partial charge in [0.25, 0.3) is 11.8 Å². The fraction of sp³-hybridized carbons (Fsp3) is 0.500. The monoisotopic (exact) mass is 497 g/mol. The molecule has 1 N–H and O–H groups in total. The molecule has 0 aliphatic carbocycles. The van der Waals surface area contributed by atoms with Crippen LogP contribution in [0.25, 0.3) is 0 Å². The number of fused-ring (bicyclic) bond motifs is 1. The Bertz CT molecular complexity index is 1100. The van der Waals surface area contributed by atoms with E-state index < -0.39 is 23.7 Å². The summed E-state index contributed by atoms with van der Waals surface area (Å²) >= 11 is 6.16. The number of aromatic nitrogens is 1. The number of hydrogen-bond donors (Lipinski definition) is 1. The van der Waals surface area contributed by atoms with Crippen molar-refractivity contribution in [2.75, 3.05) is 13.2 Å². The highest BCUT2D eigenvalue weighted by Crippen LogP contribution is 2.35. The van der Waals surface area contributed by atoms with Crippen molar-refractivity contribution in [3.8, 4) is 0 Å². The van der Waals surface area contributed by atoms with E-state index in [-0.39, 0.29) is 23.6 Å². The molecule has 3 heterocycles. The number of rotatable bonds is 5. The number of ether oxygens (including phenoxy) is 1. The van der Waals surface area contributed by atoms with Crippen molar-refractivity contribution in [3.05, 3.63) is 57.4 Å². The number of nitrogens with zero attached hydrogens (tertiary/aromatic N) is 2. The van der Waals surface area contributed by atoms with Crippen LogP contribution in [-0.4, -0.2) is 40.5 Å². The van der Waals surface area contributed by atoms with Crippen molar-refractivity contribution in [1.29, 1.82) is 0 Å². The predicted molar refractivity (Wildman–Crippen MR) is 121 cm³/mol. The molecule has 0 spiro atoms. The Morgan fingerprint density at radius 1 is 1.26 bits per heavy atom. The van der Waals surface area contributed by atoms with E-state index in [1.807, 2.05) is 16.4 Å². The Morgan fingerprint density at radius 2 is 2.03 bits per heavy atom. The quantitative estimate of drug-likeness (QED) is 0.618. The Kier molecular flexibility index (Phi) is 6.96. The molecule has 2 amide bonds. The van der Waals surface area contributed by atoms with Gasteiger partial charge in [-0.15, -0.1) is 0 Å². The fourth-order valence-corrected chi connectivity index (χ4v) is 5.01. The summed E-state index contributed by atoms with van der Waals surface area (Å²) in [7, 11) is 0. The van der Waals surface area contributed by atoms with Gasteiger partial charge in [0.2, 0.25) is 0 Å². The minimum absolute atomic E-state index is 0.0666. The molecule has 2 aliphatic heterocycles. The molecule has 2 aliphatic rings. The Morgan fingerprint density at radius 3 is 2.65 bits per heavy atom. The predicted octanol–water partition coefficient (Wildman–Crippen LogP) is 5.20. The zero-order valence-electron chi connectivity index (χ0n) is 19.0. The molecule has 2 aromatic rings. The number of amides is 2. The third-order valence-corrected chi connectivity index (χ3v) is 6.93. The van der Waals surface area contributed by atoms with Gasteiger partial charge in [-0.2, -0.15) is 13.2 Å². The second kappa shape index (κ2) is 9.62. The standard InChI is InChI=1S/C24H27ClF3N3O3/c1-3-19(16-7-6-15(11-18(16)25)24(26,27)28)29-22(32)17-12-20(31-9-10-34-13-21(17)31)23(33)30-8-4-5-14(30)2/h6-7,11-12,14,19H,3-5,8-10,13H2,1-2H3,(H,29,32). The molecule has 0 bridgehead atoms. The maximum atomic E-state index is 13.3. The second-order valence-electron chi connectivity index (χ2n) is 8.75. The first kappa shape index (κ1) is 24.6. The largest absolute Gasteiger partial charge is 0.416 e. The molecule has 6 nitrogen and oxygen atoms in total. The lowest BCUT2D eigenvalue weighted by molar-refractivity contribution is -0.137. The summed E-state index contributed by atoms with van der Waals surface area (Å²) in [6.45, 7) is 5.61. The van der Waals surface area contributed by atoms with Gasteiger partial charge in [0.05, 0.1) is 36.1 Å². The molecule has 1 aromatic heterocycles. The van der Waals surface area contributed by atoms with Gasteiger partial charge < -0.3 is 19.5 Å². The van der Waals surface area contributed by atoms with Crippen LogP contribution < -0.4 is 5.32 Å². The molecule has 0 saturated carbocycles. The number of alkyl halides is 3. The number of benzene rings is 1. The smallest absolute Gasteiger partial charge is 0.373 e. The number of carbonyl (C=O) groups is 2. The van der Waals surface area contributed by atoms with E-state index in [2.05, 4.69) is 5.32 Å². The van der Waals surface area contributed by atoms with E-state index in [9.17, 15) is 22.8 Å². The van der Waals surface area contributed by atoms with Gasteiger partial charge in [-0.1, -0.05) is 24.6 Å². The van der Waals surface area contributed by atoms with Crippen molar-refractivity contribution in [2.45, 2.75) is 64.5 Å². The first-order valence-corrected chi connectivity index (χ1v) is 11.8. The summed E-state index contributed by atoms with van der Waals surface area (Å²) in [6, 6.07) is 4.27. The second-order valence-corrected chi connectivity index (χ2v) is 9.16. The molecular formula is C24H27ClF3N3O3. The average molecular weight is 498 g/mol. The highest BCUT2D eigenvalue weighted by molar-refractivity contribution is 6.31. The van der Waals surface area contributed by atoms with Crippen molar-refractivity contribution in [1.82, 2.24) is 14.8 Å². The highest BCUT2D eigenvalue weighted by atomic mass is 35.5. The molecule has 10 heteroatoms. The zero-order chi connectivity index (χ0) is 24.6. The van der Waals surface area contributed by atoms with Crippen LogP contribution in [0.4, 0.5) is 13.2 Å². The maximum Gasteiger partial charge on any atom is 0.416 e. The van der Waals surface area contributed by atoms with E-state index in [4.69, 9.17) is 16.3 Å². The lowest BCUT2D eigenvalue weighted by Crippen LogP contribution is -2.35. The lowest BCUT2D eigenvalue weighted by atomic mass is 10.0. The van der Waals surface area contributed by atoms with E-state index >= 15 is 0 Å². The third kappa shape index (κ3) is 4.68. The summed E-state index contributed by atoms with van der Waals surface area (Å²) < 4.78 is 46.4. The molecule has 4 rings (SSSR count). The number of likely N-dealkylation sites (tertiary alicyclic amines) is 1. The third-order valence-electron chi connectivity index (χ3n) is 6.60. The molecule has 1 saturated heterocycles. The van der Waals surface area contributed by atoms with Crippen molar-refractivity contribution in [3.63, 3.8) is 0 Å². The van der Waals surface area contributed by atoms with Crippen LogP contribution in [0.5, 0.6) is 0 Å². The summed E-state index contributed by atoms with van der Waals surface area (Å²) in [6.07, 6.45) is -2.19. The van der Waals surface area contributed by atoms with Crippen LogP contribution in [0.1, 0.15) is 76.8 Å². The number of carbonyl (C=O) groups excluding carboxylic acids is 2. The number of hydrogen-bond acceptors (Lipinski definition) is 3. The summed E-state index contributed by atoms with van der Waals surface area (Å²) in [5.74, 6) is -0.532. The van der Waals surface area contributed by atoms with Gasteiger partial charge in [-0.25, -0.2) is 0 Å². The van der Waals surface area contributed by atoms with Crippen molar-refractivity contribution >= 4 is 23.4 Å². The summed E-state index contributed by atoms with van der Waals surface area (Å²) in [5, 5.41) is 2.81. The molecule has 2 atom stereocenters.